The zero-order valence-electron chi connectivity index (χ0n) is 20.7. The second-order valence-corrected chi connectivity index (χ2v) is 12.8. The minimum absolute atomic E-state index is 0.0469. The third kappa shape index (κ3) is 5.90. The highest BCUT2D eigenvalue weighted by atomic mass is 35.5. The van der Waals surface area contributed by atoms with E-state index in [1.807, 2.05) is 29.2 Å². The Kier molecular flexibility index (Phi) is 8.25. The Hall–Kier alpha value is -1.93. The summed E-state index contributed by atoms with van der Waals surface area (Å²) >= 11 is 13.4. The SMILES string of the molecule is O=C(c1ccc(-c2cc(Cl)c(CC3CCN(C4CCC(O)CC4)C3=O)c(Cl)c2)cc1)N1CCS(=O)CC1. The summed E-state index contributed by atoms with van der Waals surface area (Å²) in [6, 6.07) is 11.3. The molecule has 0 bridgehead atoms. The lowest BCUT2D eigenvalue weighted by atomic mass is 9.92. The molecule has 2 aliphatic heterocycles. The zero-order chi connectivity index (χ0) is 26.1. The van der Waals surface area contributed by atoms with Crippen LogP contribution in [0.1, 0.15) is 48.0 Å². The lowest BCUT2D eigenvalue weighted by molar-refractivity contribution is -0.133. The molecule has 198 valence electrons. The van der Waals surface area contributed by atoms with E-state index in [4.69, 9.17) is 23.2 Å². The zero-order valence-corrected chi connectivity index (χ0v) is 23.0. The van der Waals surface area contributed by atoms with Gasteiger partial charge in [-0.15, -0.1) is 0 Å². The number of aliphatic hydroxyl groups is 1. The number of likely N-dealkylation sites (tertiary alicyclic amines) is 1. The van der Waals surface area contributed by atoms with Crippen LogP contribution in [0.15, 0.2) is 36.4 Å². The van der Waals surface area contributed by atoms with E-state index >= 15 is 0 Å². The van der Waals surface area contributed by atoms with E-state index in [1.54, 1.807) is 17.0 Å². The molecule has 2 amide bonds. The molecule has 6 nitrogen and oxygen atoms in total. The van der Waals surface area contributed by atoms with E-state index in [1.165, 1.54) is 0 Å². The van der Waals surface area contributed by atoms with Crippen molar-refractivity contribution in [2.45, 2.75) is 50.7 Å². The van der Waals surface area contributed by atoms with Crippen molar-refractivity contribution in [1.82, 2.24) is 9.80 Å². The molecular weight excluding hydrogens is 531 g/mol. The number of rotatable bonds is 5. The second-order valence-electron chi connectivity index (χ2n) is 10.3. The molecule has 0 radical (unpaired) electrons. The van der Waals surface area contributed by atoms with Gasteiger partial charge in [-0.25, -0.2) is 0 Å². The molecule has 2 heterocycles. The normalized spacial score (nSPS) is 25.1. The van der Waals surface area contributed by atoms with Gasteiger partial charge in [-0.3, -0.25) is 13.8 Å². The summed E-state index contributed by atoms with van der Waals surface area (Å²) in [5, 5.41) is 10.9. The molecule has 0 aromatic heterocycles. The standard InChI is InChI=1S/C28H32Cl2N2O4S/c29-25-16-21(18-1-3-19(4-2-18)27(34)31-11-13-37(36)14-12-31)17-26(30)24(25)15-20-9-10-32(28(20)35)22-5-7-23(33)8-6-22/h1-4,16-17,20,22-23,33H,5-15H2. The lowest BCUT2D eigenvalue weighted by Crippen LogP contribution is -2.41. The first-order valence-corrected chi connectivity index (χ1v) is 15.3. The average Bonchev–Trinajstić information content (AvgIpc) is 3.26. The van der Waals surface area contributed by atoms with E-state index in [-0.39, 0.29) is 29.9 Å². The molecule has 0 spiro atoms. The van der Waals surface area contributed by atoms with Crippen LogP contribution in [0.5, 0.6) is 0 Å². The van der Waals surface area contributed by atoms with Crippen molar-refractivity contribution in [3.8, 4) is 11.1 Å². The number of benzene rings is 2. The van der Waals surface area contributed by atoms with Gasteiger partial charge in [0.25, 0.3) is 5.91 Å². The number of nitrogens with zero attached hydrogens (tertiary/aromatic N) is 2. The van der Waals surface area contributed by atoms with Crippen molar-refractivity contribution in [2.75, 3.05) is 31.1 Å². The van der Waals surface area contributed by atoms with Crippen molar-refractivity contribution in [2.24, 2.45) is 5.92 Å². The van der Waals surface area contributed by atoms with Crippen LogP contribution in [0.4, 0.5) is 0 Å². The van der Waals surface area contributed by atoms with Gasteiger partial charge in [0.15, 0.2) is 0 Å². The maximum Gasteiger partial charge on any atom is 0.253 e. The molecule has 1 aliphatic carbocycles. The van der Waals surface area contributed by atoms with Gasteiger partial charge in [0.2, 0.25) is 5.91 Å². The largest absolute Gasteiger partial charge is 0.393 e. The van der Waals surface area contributed by atoms with Crippen molar-refractivity contribution >= 4 is 45.8 Å². The first-order chi connectivity index (χ1) is 17.8. The van der Waals surface area contributed by atoms with Gasteiger partial charge in [-0.1, -0.05) is 35.3 Å². The smallest absolute Gasteiger partial charge is 0.253 e. The molecule has 2 aromatic carbocycles. The van der Waals surface area contributed by atoms with Gasteiger partial charge in [0.05, 0.1) is 6.10 Å². The lowest BCUT2D eigenvalue weighted by Gasteiger charge is -2.33. The Labute approximate surface area is 230 Å². The van der Waals surface area contributed by atoms with Crippen molar-refractivity contribution in [1.29, 1.82) is 0 Å². The highest BCUT2D eigenvalue weighted by Crippen LogP contribution is 2.36. The third-order valence-corrected chi connectivity index (χ3v) is 9.93. The van der Waals surface area contributed by atoms with Crippen molar-refractivity contribution < 1.29 is 18.9 Å². The Morgan fingerprint density at radius 1 is 0.919 bits per heavy atom. The minimum atomic E-state index is -0.826. The Morgan fingerprint density at radius 3 is 2.16 bits per heavy atom. The predicted octanol–water partition coefficient (Wildman–Crippen LogP) is 4.56. The van der Waals surface area contributed by atoms with E-state index in [0.717, 1.165) is 55.3 Å². The van der Waals surface area contributed by atoms with Gasteiger partial charge in [-0.05, 0) is 79.5 Å². The van der Waals surface area contributed by atoms with Crippen LogP contribution in [0, 0.1) is 5.92 Å². The molecular formula is C28H32Cl2N2O4S. The van der Waals surface area contributed by atoms with Crippen LogP contribution in [0.25, 0.3) is 11.1 Å². The highest BCUT2D eigenvalue weighted by Gasteiger charge is 2.37. The molecule has 1 saturated carbocycles. The number of carbonyl (C=O) groups excluding carboxylic acids is 2. The number of hydrogen-bond donors (Lipinski definition) is 1. The van der Waals surface area contributed by atoms with E-state index in [9.17, 15) is 18.9 Å². The molecule has 3 aliphatic rings. The molecule has 1 unspecified atom stereocenters. The molecule has 2 aromatic rings. The Morgan fingerprint density at radius 2 is 1.54 bits per heavy atom. The van der Waals surface area contributed by atoms with E-state index in [0.29, 0.717) is 46.6 Å². The quantitative estimate of drug-likeness (QED) is 0.579. The van der Waals surface area contributed by atoms with Crippen LogP contribution in [-0.4, -0.2) is 74.2 Å². The molecule has 5 rings (SSSR count). The fraction of sp³-hybridized carbons (Fsp3) is 0.500. The highest BCUT2D eigenvalue weighted by molar-refractivity contribution is 7.85. The fourth-order valence-electron chi connectivity index (χ4n) is 5.72. The predicted molar refractivity (Wildman–Crippen MR) is 147 cm³/mol. The van der Waals surface area contributed by atoms with Crippen LogP contribution in [0.3, 0.4) is 0 Å². The van der Waals surface area contributed by atoms with Crippen molar-refractivity contribution in [3.05, 3.63) is 57.6 Å². The van der Waals surface area contributed by atoms with Crippen LogP contribution < -0.4 is 0 Å². The van der Waals surface area contributed by atoms with Crippen molar-refractivity contribution in [3.63, 3.8) is 0 Å². The molecule has 9 heteroatoms. The van der Waals surface area contributed by atoms with E-state index < -0.39 is 10.8 Å². The van der Waals surface area contributed by atoms with Gasteiger partial charge in [0.1, 0.15) is 0 Å². The average molecular weight is 564 g/mol. The molecule has 37 heavy (non-hydrogen) atoms. The fourth-order valence-corrected chi connectivity index (χ4v) is 7.42. The summed E-state index contributed by atoms with van der Waals surface area (Å²) in [4.78, 5) is 29.7. The van der Waals surface area contributed by atoms with Gasteiger partial charge in [-0.2, -0.15) is 0 Å². The van der Waals surface area contributed by atoms with Crippen LogP contribution >= 0.6 is 23.2 Å². The molecule has 1 atom stereocenters. The summed E-state index contributed by atoms with van der Waals surface area (Å²) < 4.78 is 11.6. The Bertz CT molecular complexity index is 1160. The number of amides is 2. The third-order valence-electron chi connectivity index (χ3n) is 7.98. The Balaban J connectivity index is 1.25. The summed E-state index contributed by atoms with van der Waals surface area (Å²) in [5.41, 5.74) is 3.14. The number of hydrogen-bond acceptors (Lipinski definition) is 4. The maximum atomic E-state index is 13.2. The summed E-state index contributed by atoms with van der Waals surface area (Å²) in [5.74, 6) is 1.04. The molecule has 1 N–H and O–H groups in total. The van der Waals surface area contributed by atoms with Gasteiger partial charge < -0.3 is 14.9 Å². The summed E-state index contributed by atoms with van der Waals surface area (Å²) in [6.45, 7) is 1.79. The van der Waals surface area contributed by atoms with Crippen LogP contribution in [0.2, 0.25) is 10.0 Å². The molecule has 3 fully saturated rings. The number of aliphatic hydroxyl groups excluding tert-OH is 1. The topological polar surface area (TPSA) is 77.9 Å². The first-order valence-electron chi connectivity index (χ1n) is 13.0. The maximum absolute atomic E-state index is 13.2. The number of halogens is 2. The van der Waals surface area contributed by atoms with Crippen LogP contribution in [-0.2, 0) is 22.0 Å². The minimum Gasteiger partial charge on any atom is -0.393 e. The summed E-state index contributed by atoms with van der Waals surface area (Å²) in [6.07, 6.45) is 4.30. The van der Waals surface area contributed by atoms with E-state index in [2.05, 4.69) is 0 Å². The summed E-state index contributed by atoms with van der Waals surface area (Å²) in [7, 11) is -0.826. The monoisotopic (exact) mass is 562 g/mol. The number of carbonyl (C=O) groups is 2. The first kappa shape index (κ1) is 26.7. The second kappa shape index (κ2) is 11.4. The van der Waals surface area contributed by atoms with Gasteiger partial charge >= 0.3 is 0 Å². The molecule has 2 saturated heterocycles. The van der Waals surface area contributed by atoms with Gasteiger partial charge in [0, 0.05) is 69.5 Å².